The highest BCUT2D eigenvalue weighted by atomic mass is 16.5. The molecule has 0 spiro atoms. The Labute approximate surface area is 165 Å². The first-order chi connectivity index (χ1) is 13.4. The van der Waals surface area contributed by atoms with Crippen LogP contribution >= 0.6 is 0 Å². The van der Waals surface area contributed by atoms with Gasteiger partial charge >= 0.3 is 0 Å². The van der Waals surface area contributed by atoms with Crippen molar-refractivity contribution in [2.45, 2.75) is 0 Å². The second-order valence-electron chi connectivity index (χ2n) is 6.73. The number of nitrogens with zero attached hydrogens (tertiary/aromatic N) is 3. The number of piperazine rings is 1. The van der Waals surface area contributed by atoms with E-state index in [2.05, 4.69) is 0 Å². The highest BCUT2D eigenvalue weighted by Crippen LogP contribution is 2.28. The Bertz CT molecular complexity index is 762. The second-order valence-corrected chi connectivity index (χ2v) is 6.73. The summed E-state index contributed by atoms with van der Waals surface area (Å²) in [6.07, 6.45) is 3.27. The number of amides is 2. The summed E-state index contributed by atoms with van der Waals surface area (Å²) in [5.41, 5.74) is 0.801. The first-order valence-corrected chi connectivity index (χ1v) is 9.13. The molecule has 1 saturated heterocycles. The molecule has 2 rings (SSSR count). The van der Waals surface area contributed by atoms with Crippen LogP contribution in [0.4, 0.5) is 0 Å². The SMILES string of the molecule is COc1cc(/C=C/C(=O)N2CC[NH+](CC(=O)N(C)C)CC2)ccc1OCC#N. The molecule has 2 amide bonds. The predicted molar refractivity (Wildman–Crippen MR) is 104 cm³/mol. The van der Waals surface area contributed by atoms with Crippen LogP contribution in [0.5, 0.6) is 11.5 Å². The summed E-state index contributed by atoms with van der Waals surface area (Å²) in [6, 6.07) is 7.18. The molecular formula is C20H27N4O4+. The van der Waals surface area contributed by atoms with Crippen molar-refractivity contribution in [1.29, 1.82) is 5.26 Å². The lowest BCUT2D eigenvalue weighted by Gasteiger charge is -2.31. The van der Waals surface area contributed by atoms with Gasteiger partial charge in [-0.15, -0.1) is 0 Å². The Morgan fingerprint density at radius 2 is 2.00 bits per heavy atom. The van der Waals surface area contributed by atoms with E-state index in [1.165, 1.54) is 12.0 Å². The van der Waals surface area contributed by atoms with Gasteiger partial charge in [0.25, 0.3) is 5.91 Å². The van der Waals surface area contributed by atoms with Crippen LogP contribution in [0.1, 0.15) is 5.56 Å². The van der Waals surface area contributed by atoms with Crippen molar-refractivity contribution >= 4 is 17.9 Å². The van der Waals surface area contributed by atoms with Crippen molar-refractivity contribution < 1.29 is 24.0 Å². The lowest BCUT2D eigenvalue weighted by atomic mass is 10.2. The van der Waals surface area contributed by atoms with Gasteiger partial charge in [-0.3, -0.25) is 9.59 Å². The number of benzene rings is 1. The maximum absolute atomic E-state index is 12.4. The Hall–Kier alpha value is -3.05. The van der Waals surface area contributed by atoms with Crippen molar-refractivity contribution in [3.05, 3.63) is 29.8 Å². The molecule has 0 saturated carbocycles. The Balaban J connectivity index is 1.90. The number of rotatable bonds is 7. The van der Waals surface area contributed by atoms with E-state index in [-0.39, 0.29) is 18.4 Å². The third-order valence-corrected chi connectivity index (χ3v) is 4.58. The largest absolute Gasteiger partial charge is 0.493 e. The molecule has 150 valence electrons. The van der Waals surface area contributed by atoms with Crippen LogP contribution in [0, 0.1) is 11.3 Å². The van der Waals surface area contributed by atoms with Crippen LogP contribution < -0.4 is 14.4 Å². The third kappa shape index (κ3) is 5.99. The molecule has 1 aliphatic heterocycles. The number of carbonyl (C=O) groups is 2. The zero-order chi connectivity index (χ0) is 20.5. The standard InChI is InChI=1S/C20H26N4O4/c1-22(2)20(26)15-23-9-11-24(12-10-23)19(25)7-5-16-4-6-17(28-13-8-21)18(14-16)27-3/h4-7,14H,9-13,15H2,1-3H3/p+1/b7-5+. The number of likely N-dealkylation sites (N-methyl/N-ethyl adjacent to an activating group) is 1. The van der Waals surface area contributed by atoms with Crippen molar-refractivity contribution in [1.82, 2.24) is 9.80 Å². The van der Waals surface area contributed by atoms with E-state index in [0.29, 0.717) is 31.1 Å². The minimum absolute atomic E-state index is 0.0539. The Kier molecular flexibility index (Phi) is 7.84. The number of nitrogens with one attached hydrogen (secondary N) is 1. The molecule has 1 aromatic rings. The van der Waals surface area contributed by atoms with E-state index in [9.17, 15) is 9.59 Å². The minimum atomic E-state index is -0.0574. The predicted octanol–water partition coefficient (Wildman–Crippen LogP) is -0.574. The summed E-state index contributed by atoms with van der Waals surface area (Å²) in [5.74, 6) is 1.04. The molecule has 8 nitrogen and oxygen atoms in total. The van der Waals surface area contributed by atoms with Gasteiger partial charge in [-0.05, 0) is 23.8 Å². The van der Waals surface area contributed by atoms with E-state index < -0.39 is 0 Å². The van der Waals surface area contributed by atoms with Crippen LogP contribution in [0.2, 0.25) is 0 Å². The molecule has 8 heteroatoms. The summed E-state index contributed by atoms with van der Waals surface area (Å²) in [4.78, 5) is 28.8. The van der Waals surface area contributed by atoms with Gasteiger partial charge in [-0.1, -0.05) is 6.07 Å². The molecule has 1 aliphatic rings. The number of nitriles is 1. The zero-order valence-corrected chi connectivity index (χ0v) is 16.6. The summed E-state index contributed by atoms with van der Waals surface area (Å²) in [5, 5.41) is 8.61. The number of hydrogen-bond acceptors (Lipinski definition) is 5. The van der Waals surface area contributed by atoms with E-state index in [1.807, 2.05) is 6.07 Å². The molecule has 1 aromatic carbocycles. The van der Waals surface area contributed by atoms with E-state index in [0.717, 1.165) is 18.7 Å². The fourth-order valence-corrected chi connectivity index (χ4v) is 2.88. The van der Waals surface area contributed by atoms with Crippen molar-refractivity contribution in [2.24, 2.45) is 0 Å². The van der Waals surface area contributed by atoms with Crippen LogP contribution in [0.25, 0.3) is 6.08 Å². The quantitative estimate of drug-likeness (QED) is 0.633. The maximum atomic E-state index is 12.4. The van der Waals surface area contributed by atoms with E-state index in [4.69, 9.17) is 14.7 Å². The van der Waals surface area contributed by atoms with Crippen LogP contribution in [0.15, 0.2) is 24.3 Å². The molecule has 0 radical (unpaired) electrons. The molecule has 1 heterocycles. The average Bonchev–Trinajstić information content (AvgIpc) is 2.71. The number of methoxy groups -OCH3 is 1. The van der Waals surface area contributed by atoms with Gasteiger partial charge in [0, 0.05) is 20.2 Å². The van der Waals surface area contributed by atoms with Gasteiger partial charge in [-0.2, -0.15) is 5.26 Å². The molecule has 1 N–H and O–H groups in total. The Morgan fingerprint density at radius 1 is 1.29 bits per heavy atom. The van der Waals surface area contributed by atoms with E-state index >= 15 is 0 Å². The molecule has 0 aliphatic carbocycles. The van der Waals surface area contributed by atoms with Gasteiger partial charge < -0.3 is 24.2 Å². The van der Waals surface area contributed by atoms with Crippen LogP contribution in [0.3, 0.4) is 0 Å². The second kappa shape index (κ2) is 10.3. The van der Waals surface area contributed by atoms with Crippen LogP contribution in [-0.2, 0) is 9.59 Å². The Morgan fingerprint density at radius 3 is 2.61 bits per heavy atom. The normalized spacial score (nSPS) is 14.6. The molecule has 0 aromatic heterocycles. The summed E-state index contributed by atoms with van der Waals surface area (Å²) in [6.45, 7) is 3.19. The number of ether oxygens (including phenoxy) is 2. The fraction of sp³-hybridized carbons (Fsp3) is 0.450. The molecule has 0 atom stereocenters. The van der Waals surface area contributed by atoms with Gasteiger partial charge in [0.15, 0.2) is 24.7 Å². The van der Waals surface area contributed by atoms with Gasteiger partial charge in [0.1, 0.15) is 6.07 Å². The number of quaternary nitrogens is 1. The number of carbonyl (C=O) groups excluding carboxylic acids is 2. The van der Waals surface area contributed by atoms with Gasteiger partial charge in [-0.25, -0.2) is 0 Å². The summed E-state index contributed by atoms with van der Waals surface area (Å²) in [7, 11) is 5.03. The molecule has 0 unspecified atom stereocenters. The first-order valence-electron chi connectivity index (χ1n) is 9.13. The van der Waals surface area contributed by atoms with Crippen LogP contribution in [-0.4, -0.2) is 82.1 Å². The third-order valence-electron chi connectivity index (χ3n) is 4.58. The topological polar surface area (TPSA) is 87.3 Å². The molecule has 1 fully saturated rings. The zero-order valence-electron chi connectivity index (χ0n) is 16.6. The number of hydrogen-bond donors (Lipinski definition) is 1. The summed E-state index contributed by atoms with van der Waals surface area (Å²) < 4.78 is 10.6. The highest BCUT2D eigenvalue weighted by Gasteiger charge is 2.24. The lowest BCUT2D eigenvalue weighted by Crippen LogP contribution is -3.15. The highest BCUT2D eigenvalue weighted by molar-refractivity contribution is 5.92. The average molecular weight is 387 g/mol. The molecule has 28 heavy (non-hydrogen) atoms. The monoisotopic (exact) mass is 387 g/mol. The first kappa shape index (κ1) is 21.3. The fourth-order valence-electron chi connectivity index (χ4n) is 2.88. The molecular weight excluding hydrogens is 360 g/mol. The summed E-state index contributed by atoms with van der Waals surface area (Å²) >= 11 is 0. The lowest BCUT2D eigenvalue weighted by molar-refractivity contribution is -0.896. The minimum Gasteiger partial charge on any atom is -0.493 e. The van der Waals surface area contributed by atoms with Crippen molar-refractivity contribution in [3.63, 3.8) is 0 Å². The van der Waals surface area contributed by atoms with Gasteiger partial charge in [0.2, 0.25) is 5.91 Å². The smallest absolute Gasteiger partial charge is 0.277 e. The van der Waals surface area contributed by atoms with E-state index in [1.54, 1.807) is 54.2 Å². The van der Waals surface area contributed by atoms with Gasteiger partial charge in [0.05, 0.1) is 33.3 Å². The molecule has 0 bridgehead atoms. The van der Waals surface area contributed by atoms with Crippen molar-refractivity contribution in [3.8, 4) is 17.6 Å². The van der Waals surface area contributed by atoms with Crippen molar-refractivity contribution in [2.75, 3.05) is 60.5 Å². The maximum Gasteiger partial charge on any atom is 0.277 e.